The van der Waals surface area contributed by atoms with Gasteiger partial charge in [0.15, 0.2) is 0 Å². The Kier molecular flexibility index (Phi) is 2.07. The summed E-state index contributed by atoms with van der Waals surface area (Å²) in [5, 5.41) is 2.84. The maximum Gasteiger partial charge on any atom is 0.512 e. The second-order valence-electron chi connectivity index (χ2n) is 2.11. The summed E-state index contributed by atoms with van der Waals surface area (Å²) >= 11 is 0. The lowest BCUT2D eigenvalue weighted by Crippen LogP contribution is -2.32. The topological polar surface area (TPSA) is 17.8 Å². The Morgan fingerprint density at radius 2 is 1.92 bits per heavy atom. The molecule has 0 amide bonds. The number of aromatic nitrogens is 2. The molecule has 0 unspecified atom stereocenters. The van der Waals surface area contributed by atoms with Crippen LogP contribution in [-0.2, 0) is 0 Å². The minimum atomic E-state index is -5.23. The summed E-state index contributed by atoms with van der Waals surface area (Å²) in [5.41, 5.74) is -1.12. The summed E-state index contributed by atoms with van der Waals surface area (Å²) in [5.74, 6) is 0. The van der Waals surface area contributed by atoms with E-state index >= 15 is 0 Å². The van der Waals surface area contributed by atoms with Gasteiger partial charge in [0.1, 0.15) is 0 Å². The monoisotopic (exact) mass is 185 g/mol. The van der Waals surface area contributed by atoms with Crippen LogP contribution in [-0.4, -0.2) is 16.8 Å². The number of nitrogens with zero attached hydrogens (tertiary/aromatic N) is 2. The van der Waals surface area contributed by atoms with E-state index in [0.717, 1.165) is 0 Å². The van der Waals surface area contributed by atoms with Crippen molar-refractivity contribution < 1.29 is 21.7 Å². The molecule has 0 N–H and O–H groups in total. The highest BCUT2D eigenvalue weighted by atomic mass is 19.4. The summed E-state index contributed by atoms with van der Waals surface area (Å²) in [6, 6.07) is 0. The minimum absolute atomic E-state index is 0.0371. The van der Waals surface area contributed by atoms with Crippen LogP contribution in [0.3, 0.4) is 0 Å². The number of hydrogen-bond donors (Lipinski definition) is 0. The Morgan fingerprint density at radius 3 is 2.17 bits per heavy atom. The first-order valence-corrected chi connectivity index (χ1v) is 2.93. The Bertz CT molecular complexity index is 267. The van der Waals surface area contributed by atoms with Gasteiger partial charge in [-0.25, -0.2) is 4.68 Å². The number of hydrogen-bond acceptors (Lipinski definition) is 1. The van der Waals surface area contributed by atoms with Gasteiger partial charge in [-0.15, -0.1) is 0 Å². The fraction of sp³-hybridized carbons (Fsp3) is 0.250. The first-order chi connectivity index (χ1) is 5.41. The summed E-state index contributed by atoms with van der Waals surface area (Å²) < 4.78 is 58.9. The van der Waals surface area contributed by atoms with Gasteiger partial charge in [0.2, 0.25) is 0 Å². The van der Waals surface area contributed by atoms with E-state index in [2.05, 4.69) is 5.10 Å². The van der Waals surface area contributed by atoms with Crippen molar-refractivity contribution in [1.82, 2.24) is 9.78 Å². The highest BCUT2D eigenvalue weighted by Crippen LogP contribution is 2.11. The highest BCUT2D eigenvalue weighted by molar-refractivity contribution is 6.73. The zero-order valence-corrected chi connectivity index (χ0v) is 5.59. The van der Waals surface area contributed by atoms with Gasteiger partial charge in [-0.3, -0.25) is 0 Å². The zero-order valence-electron chi connectivity index (χ0n) is 5.59. The van der Waals surface area contributed by atoms with Gasteiger partial charge >= 0.3 is 13.5 Å². The molecular formula is C4H3BF5N2-. The lowest BCUT2D eigenvalue weighted by Gasteiger charge is -2.09. The van der Waals surface area contributed by atoms with E-state index in [-0.39, 0.29) is 10.9 Å². The van der Waals surface area contributed by atoms with Crippen LogP contribution in [0, 0.1) is 0 Å². The summed E-state index contributed by atoms with van der Waals surface area (Å²) in [6.07, 6.45) is 0.664. The van der Waals surface area contributed by atoms with E-state index in [1.165, 1.54) is 0 Å². The SMILES string of the molecule is FC(F)n1cc([B-](F)(F)F)cn1. The first kappa shape index (κ1) is 9.02. The Hall–Kier alpha value is -1.08. The second-order valence-corrected chi connectivity index (χ2v) is 2.11. The van der Waals surface area contributed by atoms with E-state index in [4.69, 9.17) is 0 Å². The number of halogens is 5. The van der Waals surface area contributed by atoms with Crippen molar-refractivity contribution in [1.29, 1.82) is 0 Å². The molecule has 0 fully saturated rings. The molecule has 0 spiro atoms. The molecular weight excluding hydrogens is 182 g/mol. The van der Waals surface area contributed by atoms with E-state index in [1.54, 1.807) is 0 Å². The molecule has 0 radical (unpaired) electrons. The maximum atomic E-state index is 11.8. The zero-order chi connectivity index (χ0) is 9.35. The van der Waals surface area contributed by atoms with Crippen molar-refractivity contribution >= 4 is 12.4 Å². The molecule has 2 nitrogen and oxygen atoms in total. The molecule has 0 aromatic carbocycles. The Balaban J connectivity index is 2.92. The fourth-order valence-electron chi connectivity index (χ4n) is 0.629. The van der Waals surface area contributed by atoms with Crippen LogP contribution in [0.2, 0.25) is 0 Å². The average molecular weight is 185 g/mol. The van der Waals surface area contributed by atoms with Gasteiger partial charge in [-0.05, 0) is 0 Å². The maximum absolute atomic E-state index is 11.8. The van der Waals surface area contributed by atoms with E-state index in [1.807, 2.05) is 0 Å². The molecule has 1 aromatic rings. The van der Waals surface area contributed by atoms with Crippen LogP contribution in [0.25, 0.3) is 0 Å². The molecule has 0 aliphatic carbocycles. The molecule has 1 heterocycles. The molecule has 0 atom stereocenters. The summed E-state index contributed by atoms with van der Waals surface area (Å²) in [4.78, 5) is 0. The molecule has 0 aliphatic rings. The van der Waals surface area contributed by atoms with Crippen molar-refractivity contribution in [3.05, 3.63) is 12.4 Å². The third kappa shape index (κ3) is 1.74. The molecule has 0 saturated heterocycles. The predicted molar refractivity (Wildman–Crippen MR) is 32.2 cm³/mol. The minimum Gasteiger partial charge on any atom is -0.445 e. The Morgan fingerprint density at radius 1 is 1.33 bits per heavy atom. The van der Waals surface area contributed by atoms with Crippen LogP contribution in [0.15, 0.2) is 12.4 Å². The molecule has 1 aromatic heterocycles. The Labute approximate surface area is 64.0 Å². The summed E-state index contributed by atoms with van der Waals surface area (Å²) in [7, 11) is 0. The molecule has 0 saturated carbocycles. The normalized spacial score (nSPS) is 12.5. The molecule has 68 valence electrons. The van der Waals surface area contributed by atoms with Crippen molar-refractivity contribution in [3.63, 3.8) is 0 Å². The third-order valence-corrected chi connectivity index (χ3v) is 1.20. The molecule has 12 heavy (non-hydrogen) atoms. The smallest absolute Gasteiger partial charge is 0.445 e. The standard InChI is InChI=1S/C4H3BF5N2/c6-4(7)12-2-3(1-11-12)5(8,9)10/h1-2,4H/q-1. The molecule has 8 heteroatoms. The molecule has 1 rings (SSSR count). The van der Waals surface area contributed by atoms with Crippen molar-refractivity contribution in [2.24, 2.45) is 0 Å². The fourth-order valence-corrected chi connectivity index (χ4v) is 0.629. The average Bonchev–Trinajstić information content (AvgIpc) is 2.30. The van der Waals surface area contributed by atoms with Gasteiger partial charge in [0.05, 0.1) is 0 Å². The lowest BCUT2D eigenvalue weighted by atomic mass is 9.83. The predicted octanol–water partition coefficient (Wildman–Crippen LogP) is 1.33. The van der Waals surface area contributed by atoms with Crippen LogP contribution in [0.5, 0.6) is 0 Å². The van der Waals surface area contributed by atoms with E-state index < -0.39 is 19.0 Å². The van der Waals surface area contributed by atoms with Gasteiger partial charge in [-0.2, -0.15) is 13.9 Å². The van der Waals surface area contributed by atoms with Gasteiger partial charge in [0.25, 0.3) is 0 Å². The van der Waals surface area contributed by atoms with Crippen molar-refractivity contribution in [3.8, 4) is 0 Å². The summed E-state index contributed by atoms with van der Waals surface area (Å²) in [6.45, 7) is -8.26. The van der Waals surface area contributed by atoms with Gasteiger partial charge in [-0.1, -0.05) is 5.46 Å². The van der Waals surface area contributed by atoms with Crippen LogP contribution < -0.4 is 5.46 Å². The van der Waals surface area contributed by atoms with Crippen molar-refractivity contribution in [2.75, 3.05) is 0 Å². The third-order valence-electron chi connectivity index (χ3n) is 1.20. The van der Waals surface area contributed by atoms with E-state index in [9.17, 15) is 21.7 Å². The van der Waals surface area contributed by atoms with Crippen LogP contribution >= 0.6 is 0 Å². The largest absolute Gasteiger partial charge is 0.512 e. The van der Waals surface area contributed by atoms with Gasteiger partial charge < -0.3 is 12.9 Å². The number of alkyl halides is 2. The van der Waals surface area contributed by atoms with Gasteiger partial charge in [0, 0.05) is 12.4 Å². The van der Waals surface area contributed by atoms with Crippen LogP contribution in [0.1, 0.15) is 6.55 Å². The lowest BCUT2D eigenvalue weighted by molar-refractivity contribution is 0.0567. The molecule has 0 bridgehead atoms. The second kappa shape index (κ2) is 2.76. The van der Waals surface area contributed by atoms with Crippen LogP contribution in [0.4, 0.5) is 21.7 Å². The first-order valence-electron chi connectivity index (χ1n) is 2.93. The molecule has 0 aliphatic heterocycles. The van der Waals surface area contributed by atoms with Crippen molar-refractivity contribution in [2.45, 2.75) is 6.55 Å². The quantitative estimate of drug-likeness (QED) is 0.501. The highest BCUT2D eigenvalue weighted by Gasteiger charge is 2.27. The van der Waals surface area contributed by atoms with E-state index in [0.29, 0.717) is 6.20 Å². The number of rotatable bonds is 2.